The van der Waals surface area contributed by atoms with Gasteiger partial charge in [0, 0.05) is 70.0 Å². The van der Waals surface area contributed by atoms with Crippen LogP contribution in [0.1, 0.15) is 152 Å². The van der Waals surface area contributed by atoms with E-state index >= 15 is 0 Å². The monoisotopic (exact) mass is 1620 g/mol. The molecule has 6 aliphatic rings. The molecule has 6 aromatic heterocycles. The third kappa shape index (κ3) is 25.6. The fourth-order valence-corrected chi connectivity index (χ4v) is 13.7. The number of hydrogen-bond donors (Lipinski definition) is 1. The average Bonchev–Trinajstić information content (AvgIpc) is 1.74. The van der Waals surface area contributed by atoms with Crippen LogP contribution in [0.5, 0.6) is 23.0 Å². The van der Waals surface area contributed by atoms with Crippen LogP contribution >= 0.6 is 0 Å². The van der Waals surface area contributed by atoms with E-state index in [2.05, 4.69) is 27.2 Å². The Morgan fingerprint density at radius 1 is 0.530 bits per heavy atom. The zero-order chi connectivity index (χ0) is 82.6. The van der Waals surface area contributed by atoms with Gasteiger partial charge in [-0.2, -0.15) is 15.3 Å². The Kier molecular flexibility index (Phi) is 34.6. The van der Waals surface area contributed by atoms with E-state index in [1.165, 1.54) is 30.7 Å². The second-order valence-electron chi connectivity index (χ2n) is 30.3. The van der Waals surface area contributed by atoms with Gasteiger partial charge in [-0.1, -0.05) is 6.92 Å². The van der Waals surface area contributed by atoms with E-state index in [0.717, 1.165) is 104 Å². The van der Waals surface area contributed by atoms with Gasteiger partial charge in [-0.05, 0) is 180 Å². The first kappa shape index (κ1) is 92.3. The van der Waals surface area contributed by atoms with Crippen molar-refractivity contribution in [3.8, 4) is 56.8 Å². The molecular weight excluding hydrogens is 1510 g/mol. The number of carbonyl (C=O) groups excluding carboxylic acids is 5. The predicted octanol–water partition coefficient (Wildman–Crippen LogP) is 9.60. The molecule has 3 saturated carbocycles. The summed E-state index contributed by atoms with van der Waals surface area (Å²) < 4.78 is 71.0. The molecule has 7 aromatic rings. The first-order valence-electron chi connectivity index (χ1n) is 39.3. The fourth-order valence-electron chi connectivity index (χ4n) is 13.7. The summed E-state index contributed by atoms with van der Waals surface area (Å²) in [6, 6.07) is 16.3. The minimum atomic E-state index is -0.961. The molecule has 0 unspecified atom stereocenters. The first-order valence-corrected chi connectivity index (χ1v) is 39.3. The van der Waals surface area contributed by atoms with Crippen molar-refractivity contribution in [1.82, 2.24) is 54.1 Å². The van der Waals surface area contributed by atoms with Crippen LogP contribution < -0.4 is 37.8 Å². The molecule has 9 heterocycles. The van der Waals surface area contributed by atoms with Crippen molar-refractivity contribution in [3.05, 3.63) is 124 Å². The number of nitro benzene ring substituents is 1. The van der Waals surface area contributed by atoms with Crippen molar-refractivity contribution in [2.75, 3.05) is 53.7 Å². The van der Waals surface area contributed by atoms with Crippen molar-refractivity contribution < 1.29 is 120 Å². The van der Waals surface area contributed by atoms with Gasteiger partial charge in [-0.3, -0.25) is 38.5 Å². The molecule has 1 aromatic carbocycles. The summed E-state index contributed by atoms with van der Waals surface area (Å²) in [6.07, 6.45) is 13.4. The van der Waals surface area contributed by atoms with Gasteiger partial charge in [0.05, 0.1) is 175 Å². The molecule has 2 amide bonds. The number of rotatable bonds is 25. The number of nitrogens with zero attached hydrogens (tertiary/aromatic N) is 12. The number of aromatic nitrogens is 9. The molecule has 117 heavy (non-hydrogen) atoms. The summed E-state index contributed by atoms with van der Waals surface area (Å²) in [6.45, 7) is 19.4. The summed E-state index contributed by atoms with van der Waals surface area (Å²) >= 11 is 0. The third-order valence-electron chi connectivity index (χ3n) is 21.0. The molecule has 34 nitrogen and oxygen atoms in total. The maximum atomic E-state index is 12.4. The third-order valence-corrected chi connectivity index (χ3v) is 21.0. The van der Waals surface area contributed by atoms with E-state index in [1.54, 1.807) is 70.6 Å². The Balaban J connectivity index is 0.000000210. The van der Waals surface area contributed by atoms with Gasteiger partial charge in [-0.25, -0.2) is 29.3 Å². The van der Waals surface area contributed by atoms with Crippen LogP contribution in [0.2, 0.25) is 0 Å². The van der Waals surface area contributed by atoms with Gasteiger partial charge in [0.1, 0.15) is 42.8 Å². The number of likely N-dealkylation sites (N-methyl/N-ethyl adjacent to an activating group) is 2. The number of carboxylic acid groups (broad SMARTS) is 1. The van der Waals surface area contributed by atoms with Gasteiger partial charge in [0.2, 0.25) is 0 Å². The first-order chi connectivity index (χ1) is 55.1. The summed E-state index contributed by atoms with van der Waals surface area (Å²) in [5.41, 5.74) is 8.40. The van der Waals surface area contributed by atoms with E-state index < -0.39 is 29.2 Å². The zero-order valence-electron chi connectivity index (χ0n) is 69.3. The van der Waals surface area contributed by atoms with Crippen molar-refractivity contribution in [2.24, 2.45) is 44.8 Å². The molecule has 6 fully saturated rings. The van der Waals surface area contributed by atoms with E-state index in [0.29, 0.717) is 103 Å². The number of benzene rings is 1. The second kappa shape index (κ2) is 43.8. The van der Waals surface area contributed by atoms with Crippen molar-refractivity contribution >= 4 is 41.9 Å². The van der Waals surface area contributed by atoms with Gasteiger partial charge in [0.25, 0.3) is 5.69 Å². The van der Waals surface area contributed by atoms with Crippen LogP contribution in [-0.2, 0) is 93.2 Å². The number of carbonyl (C=O) groups is 6. The summed E-state index contributed by atoms with van der Waals surface area (Å²) in [5, 5.41) is 33.0. The van der Waals surface area contributed by atoms with Crippen molar-refractivity contribution in [3.63, 3.8) is 0 Å². The summed E-state index contributed by atoms with van der Waals surface area (Å²) in [7, 11) is 8.74. The number of non-ortho nitro benzene ring substituents is 1. The van der Waals surface area contributed by atoms with Gasteiger partial charge in [0.15, 0.2) is 0 Å². The van der Waals surface area contributed by atoms with Gasteiger partial charge < -0.3 is 77.2 Å². The number of aryl methyl sites for hydroxylation is 6. The zero-order valence-corrected chi connectivity index (χ0v) is 69.3. The number of nitro groups is 1. The Hall–Kier alpha value is -10.2. The summed E-state index contributed by atoms with van der Waals surface area (Å²) in [5.74, 6) is 1.28. The molecule has 13 rings (SSSR count). The maximum absolute atomic E-state index is 12.4. The quantitative estimate of drug-likeness (QED) is 0.0139. The molecule has 0 bridgehead atoms. The number of aliphatic carboxylic acids is 1. The molecular formula is C82H109LiN12O22. The fraction of sp³-hybridized carbons (Fsp3) is 0.561. The van der Waals surface area contributed by atoms with Crippen LogP contribution in [0.15, 0.2) is 79.3 Å². The second-order valence-corrected chi connectivity index (χ2v) is 30.3. The standard InChI is InChI=1S/C28H32N4O8.C26H36N4O6.C23H30N4O6.C5H10O.Li.H2O/c1-17(2)38-27(33)19-6-5-7-22(14-19)39-26-13-12-24(30-18(26)3)23-15-29-31(4)25(23)16-37-28(34)40-21-10-8-20(9-11-21)32(35)36;1-16(2)35-25(31)18-7-6-8-20(11-18)36-24-10-9-22(28-17(24)3)21-12-27-30(5)23(21)15-34-26(32)29(4)19-13-33-14-19;1-14-21(33-17-6-4-5-15(9-17)22(28)29)8-7-19(25-14)18-10-24-27(3)20(18)13-32-23(30)26(2)16-11-31-12-16;1-2-5-3-6-4-5;;/h8-13,15,17,19,22H,5-7,14,16H2,1-4H3;9-10,12,16,18-20H,6-8,11,13-15H2,1-5H3;7-8,10,15-17H,4-6,9,11-13H2,1-3H3,(H,28,29);5H,2-4H2,1H3;;1H2/q;;;;+1;/p-1/t19-,22-;18-,20-;15-,17-;;;/m000.../s1. The molecule has 6 atom stereocenters. The number of ether oxygens (including phenoxy) is 12. The van der Waals surface area contributed by atoms with E-state index in [9.17, 15) is 44.0 Å². The number of amides is 2. The smallest absolute Gasteiger partial charge is 0.870 e. The minimum Gasteiger partial charge on any atom is -0.870 e. The maximum Gasteiger partial charge on any atom is 1.00 e. The summed E-state index contributed by atoms with van der Waals surface area (Å²) in [4.78, 5) is 100. The Morgan fingerprint density at radius 3 is 1.18 bits per heavy atom. The molecule has 0 radical (unpaired) electrons. The molecule has 0 spiro atoms. The molecule has 35 heteroatoms. The van der Waals surface area contributed by atoms with Gasteiger partial charge >= 0.3 is 55.1 Å². The number of esters is 2. The van der Waals surface area contributed by atoms with Crippen molar-refractivity contribution in [1.29, 1.82) is 0 Å². The topological polar surface area (TPSA) is 405 Å². The van der Waals surface area contributed by atoms with Crippen LogP contribution in [-0.4, -0.2) is 202 Å². The number of pyridine rings is 3. The average molecular weight is 1620 g/mol. The van der Waals surface area contributed by atoms with Crippen LogP contribution in [0, 0.1) is 54.6 Å². The van der Waals surface area contributed by atoms with E-state index in [4.69, 9.17) is 66.8 Å². The largest absolute Gasteiger partial charge is 1.00 e. The van der Waals surface area contributed by atoms with Crippen molar-refractivity contribution in [2.45, 2.75) is 201 Å². The van der Waals surface area contributed by atoms with Crippen LogP contribution in [0.25, 0.3) is 33.8 Å². The van der Waals surface area contributed by atoms with Crippen LogP contribution in [0.3, 0.4) is 0 Å². The van der Waals surface area contributed by atoms with Crippen LogP contribution in [0.4, 0.5) is 20.1 Å². The Labute approximate surface area is 692 Å². The minimum absolute atomic E-state index is 0. The van der Waals surface area contributed by atoms with E-state index in [1.807, 2.05) is 91.9 Å². The van der Waals surface area contributed by atoms with Gasteiger partial charge in [-0.15, -0.1) is 0 Å². The Morgan fingerprint density at radius 2 is 0.880 bits per heavy atom. The normalized spacial score (nSPS) is 19.0. The Bertz CT molecular complexity index is 4460. The van der Waals surface area contributed by atoms with E-state index in [-0.39, 0.29) is 128 Å². The predicted molar refractivity (Wildman–Crippen MR) is 418 cm³/mol. The molecule has 3 aliphatic carbocycles. The number of hydrogen-bond acceptors (Lipinski definition) is 27. The molecule has 630 valence electrons. The number of carboxylic acids is 1. The molecule has 2 N–H and O–H groups in total. The molecule has 3 saturated heterocycles. The molecule has 3 aliphatic heterocycles. The SMILES string of the molecule is CCC1COC1.Cc1nc(-c2cnn(C)c2COC(=O)N(C)C2COC2)ccc1O[C@H]1CCC[C@H](C(=O)O)C1.Cc1nc(-c2cnn(C)c2COC(=O)N(C)C2COC2)ccc1O[C@H]1CCC[C@H](C(=O)OC(C)C)C1.Cc1nc(-c2cnn(C)c2COC(=O)Oc2ccc([N+](=O)[O-])cc2)ccc1O[C@H]1CCC[C@H](C(=O)OC(C)C)C1.[Li+].[OH-].